The van der Waals surface area contributed by atoms with Crippen molar-refractivity contribution in [2.75, 3.05) is 7.05 Å². The number of likely N-dealkylation sites (N-methyl/N-ethyl adjacent to an activating group) is 1. The van der Waals surface area contributed by atoms with Crippen LogP contribution in [0.3, 0.4) is 0 Å². The lowest BCUT2D eigenvalue weighted by atomic mass is 9.76. The lowest BCUT2D eigenvalue weighted by Gasteiger charge is -2.39. The number of nitrogens with zero attached hydrogens (tertiary/aromatic N) is 1. The first-order chi connectivity index (χ1) is 8.03. The van der Waals surface area contributed by atoms with E-state index >= 15 is 0 Å². The normalized spacial score (nSPS) is 34.9. The molecule has 0 spiro atoms. The molecule has 17 heavy (non-hydrogen) atoms. The first-order valence-electron chi connectivity index (χ1n) is 7.09. The average molecular weight is 238 g/mol. The largest absolute Gasteiger partial charge is 0.341 e. The zero-order valence-electron chi connectivity index (χ0n) is 11.2. The number of rotatable bonds is 2. The highest BCUT2D eigenvalue weighted by molar-refractivity contribution is 5.86. The number of carbonyl (C=O) groups excluding carboxylic acids is 1. The molecule has 0 saturated heterocycles. The van der Waals surface area contributed by atoms with Gasteiger partial charge in [0.25, 0.3) is 0 Å². The fourth-order valence-corrected chi connectivity index (χ4v) is 3.59. The highest BCUT2D eigenvalue weighted by Gasteiger charge is 2.41. The minimum absolute atomic E-state index is 0.191. The zero-order valence-corrected chi connectivity index (χ0v) is 11.2. The van der Waals surface area contributed by atoms with Gasteiger partial charge in [-0.1, -0.05) is 32.6 Å². The molecule has 0 radical (unpaired) electrons. The summed E-state index contributed by atoms with van der Waals surface area (Å²) >= 11 is 0. The molecule has 2 N–H and O–H groups in total. The molecule has 3 nitrogen and oxygen atoms in total. The molecule has 2 rings (SSSR count). The van der Waals surface area contributed by atoms with E-state index in [-0.39, 0.29) is 5.91 Å². The number of hydrogen-bond donors (Lipinski definition) is 1. The van der Waals surface area contributed by atoms with Gasteiger partial charge in [0.1, 0.15) is 0 Å². The van der Waals surface area contributed by atoms with Crippen LogP contribution in [0.5, 0.6) is 0 Å². The van der Waals surface area contributed by atoms with E-state index in [1.165, 1.54) is 19.3 Å². The van der Waals surface area contributed by atoms with Crippen LogP contribution in [0.4, 0.5) is 0 Å². The maximum atomic E-state index is 12.6. The van der Waals surface area contributed by atoms with Crippen LogP contribution in [0.25, 0.3) is 0 Å². The van der Waals surface area contributed by atoms with Crippen LogP contribution in [0.2, 0.25) is 0 Å². The van der Waals surface area contributed by atoms with Crippen molar-refractivity contribution in [3.8, 4) is 0 Å². The topological polar surface area (TPSA) is 46.3 Å². The van der Waals surface area contributed by atoms with Gasteiger partial charge in [-0.25, -0.2) is 0 Å². The third kappa shape index (κ3) is 2.65. The van der Waals surface area contributed by atoms with Crippen molar-refractivity contribution < 1.29 is 4.79 Å². The molecular formula is C14H26N2O. The lowest BCUT2D eigenvalue weighted by Crippen LogP contribution is -2.58. The summed E-state index contributed by atoms with van der Waals surface area (Å²) in [4.78, 5) is 14.5. The highest BCUT2D eigenvalue weighted by Crippen LogP contribution is 2.33. The molecular weight excluding hydrogens is 212 g/mol. The van der Waals surface area contributed by atoms with Crippen LogP contribution in [-0.4, -0.2) is 29.4 Å². The third-order valence-corrected chi connectivity index (χ3v) is 4.65. The fraction of sp³-hybridized carbons (Fsp3) is 0.929. The van der Waals surface area contributed by atoms with Gasteiger partial charge in [0.05, 0.1) is 5.54 Å². The van der Waals surface area contributed by atoms with E-state index in [0.717, 1.165) is 32.1 Å². The Morgan fingerprint density at radius 3 is 2.47 bits per heavy atom. The predicted octanol–water partition coefficient (Wildman–Crippen LogP) is 2.29. The molecule has 0 aromatic carbocycles. The summed E-state index contributed by atoms with van der Waals surface area (Å²) in [5, 5.41) is 0. The van der Waals surface area contributed by atoms with E-state index < -0.39 is 5.54 Å². The van der Waals surface area contributed by atoms with Crippen LogP contribution in [-0.2, 0) is 4.79 Å². The first-order valence-corrected chi connectivity index (χ1v) is 7.09. The summed E-state index contributed by atoms with van der Waals surface area (Å²) < 4.78 is 0. The zero-order chi connectivity index (χ0) is 12.5. The Labute approximate surface area is 105 Å². The highest BCUT2D eigenvalue weighted by atomic mass is 16.2. The standard InChI is InChI=1S/C14H26N2O/c1-11-6-5-9-14(15,10-11)13(17)16(2)12-7-3-4-8-12/h11-12H,3-10,15H2,1-2H3. The van der Waals surface area contributed by atoms with Crippen molar-refractivity contribution in [1.29, 1.82) is 0 Å². The second kappa shape index (κ2) is 4.97. The molecule has 0 aromatic heterocycles. The average Bonchev–Trinajstić information content (AvgIpc) is 2.80. The van der Waals surface area contributed by atoms with E-state index in [2.05, 4.69) is 6.92 Å². The molecule has 2 atom stereocenters. The lowest BCUT2D eigenvalue weighted by molar-refractivity contribution is -0.139. The van der Waals surface area contributed by atoms with Gasteiger partial charge in [-0.3, -0.25) is 4.79 Å². The molecule has 2 fully saturated rings. The van der Waals surface area contributed by atoms with Gasteiger partial charge in [0, 0.05) is 13.1 Å². The minimum atomic E-state index is -0.574. The molecule has 98 valence electrons. The predicted molar refractivity (Wildman–Crippen MR) is 69.6 cm³/mol. The Balaban J connectivity index is 2.01. The molecule has 2 unspecified atom stereocenters. The fourth-order valence-electron chi connectivity index (χ4n) is 3.59. The third-order valence-electron chi connectivity index (χ3n) is 4.65. The van der Waals surface area contributed by atoms with Crippen LogP contribution in [0.1, 0.15) is 58.3 Å². The molecule has 0 aliphatic heterocycles. The number of carbonyl (C=O) groups is 1. The van der Waals surface area contributed by atoms with Crippen molar-refractivity contribution in [3.63, 3.8) is 0 Å². The summed E-state index contributed by atoms with van der Waals surface area (Å²) in [5.74, 6) is 0.783. The summed E-state index contributed by atoms with van der Waals surface area (Å²) in [6, 6.07) is 0.445. The molecule has 0 bridgehead atoms. The Bertz CT molecular complexity index is 286. The van der Waals surface area contributed by atoms with Gasteiger partial charge in [-0.05, 0) is 31.6 Å². The molecule has 0 aromatic rings. The van der Waals surface area contributed by atoms with Crippen molar-refractivity contribution >= 4 is 5.91 Å². The van der Waals surface area contributed by atoms with Crippen molar-refractivity contribution in [3.05, 3.63) is 0 Å². The Morgan fingerprint density at radius 2 is 1.88 bits per heavy atom. The Morgan fingerprint density at radius 1 is 1.24 bits per heavy atom. The van der Waals surface area contributed by atoms with Crippen LogP contribution >= 0.6 is 0 Å². The molecule has 0 heterocycles. The molecule has 1 amide bonds. The molecule has 2 saturated carbocycles. The Hall–Kier alpha value is -0.570. The van der Waals surface area contributed by atoms with E-state index in [9.17, 15) is 4.79 Å². The van der Waals surface area contributed by atoms with Crippen molar-refractivity contribution in [2.45, 2.75) is 69.9 Å². The first kappa shape index (κ1) is 12.9. The number of amides is 1. The van der Waals surface area contributed by atoms with E-state index in [1.807, 2.05) is 11.9 Å². The number of nitrogens with two attached hydrogens (primary N) is 1. The molecule has 2 aliphatic rings. The molecule has 2 aliphatic carbocycles. The summed E-state index contributed by atoms with van der Waals surface area (Å²) in [7, 11) is 1.95. The second-order valence-electron chi connectivity index (χ2n) is 6.21. The second-order valence-corrected chi connectivity index (χ2v) is 6.21. The smallest absolute Gasteiger partial charge is 0.242 e. The minimum Gasteiger partial charge on any atom is -0.341 e. The number of hydrogen-bond acceptors (Lipinski definition) is 2. The monoisotopic (exact) mass is 238 g/mol. The summed E-state index contributed by atoms with van der Waals surface area (Å²) in [6.45, 7) is 2.21. The van der Waals surface area contributed by atoms with E-state index in [4.69, 9.17) is 5.73 Å². The van der Waals surface area contributed by atoms with Crippen LogP contribution in [0.15, 0.2) is 0 Å². The van der Waals surface area contributed by atoms with Crippen molar-refractivity contribution in [1.82, 2.24) is 4.90 Å². The van der Waals surface area contributed by atoms with Gasteiger partial charge in [0.15, 0.2) is 0 Å². The van der Waals surface area contributed by atoms with E-state index in [0.29, 0.717) is 12.0 Å². The maximum absolute atomic E-state index is 12.6. The quantitative estimate of drug-likeness (QED) is 0.802. The van der Waals surface area contributed by atoms with E-state index in [1.54, 1.807) is 0 Å². The van der Waals surface area contributed by atoms with Gasteiger partial charge < -0.3 is 10.6 Å². The van der Waals surface area contributed by atoms with Crippen LogP contribution in [0, 0.1) is 5.92 Å². The van der Waals surface area contributed by atoms with Gasteiger partial charge in [-0.15, -0.1) is 0 Å². The maximum Gasteiger partial charge on any atom is 0.242 e. The van der Waals surface area contributed by atoms with Crippen LogP contribution < -0.4 is 5.73 Å². The SMILES string of the molecule is CC1CCCC(N)(C(=O)N(C)C2CCCC2)C1. The summed E-state index contributed by atoms with van der Waals surface area (Å²) in [6.07, 6.45) is 8.89. The van der Waals surface area contributed by atoms with Gasteiger partial charge in [-0.2, -0.15) is 0 Å². The van der Waals surface area contributed by atoms with Gasteiger partial charge in [0.2, 0.25) is 5.91 Å². The summed E-state index contributed by atoms with van der Waals surface area (Å²) in [5.41, 5.74) is 5.80. The molecule has 3 heteroatoms. The van der Waals surface area contributed by atoms with Gasteiger partial charge >= 0.3 is 0 Å². The Kier molecular flexibility index (Phi) is 3.76. The van der Waals surface area contributed by atoms with Crippen molar-refractivity contribution in [2.24, 2.45) is 11.7 Å².